The molecule has 0 fully saturated rings. The van der Waals surface area contributed by atoms with E-state index in [4.69, 9.17) is 17.0 Å². The Morgan fingerprint density at radius 2 is 1.86 bits per heavy atom. The fourth-order valence-corrected chi connectivity index (χ4v) is 2.37. The summed E-state index contributed by atoms with van der Waals surface area (Å²) in [5.41, 5.74) is 2.78. The summed E-state index contributed by atoms with van der Waals surface area (Å²) in [7, 11) is 1.60. The SMILES string of the molecule is COc1ccccc1NC(=S)Nc1ccc2[nH]c(=O)[nH]c2c1. The number of benzene rings is 2. The van der Waals surface area contributed by atoms with Gasteiger partial charge in [0.05, 0.1) is 23.8 Å². The topological polar surface area (TPSA) is 81.9 Å². The van der Waals surface area contributed by atoms with Crippen LogP contribution in [0, 0.1) is 0 Å². The van der Waals surface area contributed by atoms with Crippen LogP contribution in [0.4, 0.5) is 11.4 Å². The average molecular weight is 314 g/mol. The predicted octanol–water partition coefficient (Wildman–Crippen LogP) is 2.67. The van der Waals surface area contributed by atoms with Crippen LogP contribution in [0.3, 0.4) is 0 Å². The van der Waals surface area contributed by atoms with Crippen molar-refractivity contribution < 1.29 is 4.74 Å². The van der Waals surface area contributed by atoms with Gasteiger partial charge in [-0.3, -0.25) is 0 Å². The second-order valence-corrected chi connectivity index (χ2v) is 5.03. The highest BCUT2D eigenvalue weighted by Crippen LogP contribution is 2.23. The largest absolute Gasteiger partial charge is 0.495 e. The summed E-state index contributed by atoms with van der Waals surface area (Å²) >= 11 is 5.30. The van der Waals surface area contributed by atoms with Crippen LogP contribution in [0.25, 0.3) is 11.0 Å². The summed E-state index contributed by atoms with van der Waals surface area (Å²) in [5.74, 6) is 0.706. The number of thiocarbonyl (C=S) groups is 1. The van der Waals surface area contributed by atoms with Gasteiger partial charge in [-0.1, -0.05) is 12.1 Å². The Morgan fingerprint density at radius 3 is 2.68 bits per heavy atom. The maximum atomic E-state index is 11.3. The van der Waals surface area contributed by atoms with E-state index in [-0.39, 0.29) is 5.69 Å². The molecule has 2 aromatic carbocycles. The fourth-order valence-electron chi connectivity index (χ4n) is 2.14. The Balaban J connectivity index is 1.76. The molecule has 0 saturated heterocycles. The summed E-state index contributed by atoms with van der Waals surface area (Å²) in [6.45, 7) is 0. The van der Waals surface area contributed by atoms with Crippen LogP contribution < -0.4 is 21.1 Å². The van der Waals surface area contributed by atoms with Gasteiger partial charge in [-0.25, -0.2) is 4.79 Å². The van der Waals surface area contributed by atoms with Gasteiger partial charge in [-0.2, -0.15) is 0 Å². The molecule has 1 aromatic heterocycles. The Kier molecular flexibility index (Phi) is 3.80. The van der Waals surface area contributed by atoms with Crippen molar-refractivity contribution in [2.24, 2.45) is 0 Å². The van der Waals surface area contributed by atoms with Gasteiger partial charge in [0.1, 0.15) is 5.75 Å². The number of rotatable bonds is 3. The number of H-pyrrole nitrogens is 2. The second-order valence-electron chi connectivity index (χ2n) is 4.62. The molecule has 0 saturated carbocycles. The molecule has 0 aliphatic heterocycles. The van der Waals surface area contributed by atoms with E-state index in [0.717, 1.165) is 22.4 Å². The van der Waals surface area contributed by atoms with Gasteiger partial charge in [0.25, 0.3) is 0 Å². The van der Waals surface area contributed by atoms with Gasteiger partial charge < -0.3 is 25.3 Å². The number of methoxy groups -OCH3 is 1. The van der Waals surface area contributed by atoms with E-state index in [0.29, 0.717) is 10.9 Å². The molecule has 22 heavy (non-hydrogen) atoms. The maximum absolute atomic E-state index is 11.3. The molecule has 0 aliphatic carbocycles. The molecule has 0 bridgehead atoms. The lowest BCUT2D eigenvalue weighted by Crippen LogP contribution is -2.19. The molecule has 1 heterocycles. The van der Waals surface area contributed by atoms with Gasteiger partial charge in [-0.15, -0.1) is 0 Å². The van der Waals surface area contributed by atoms with E-state index in [1.807, 2.05) is 36.4 Å². The number of hydrogen-bond acceptors (Lipinski definition) is 3. The first-order valence-corrected chi connectivity index (χ1v) is 6.99. The van der Waals surface area contributed by atoms with Crippen molar-refractivity contribution in [3.63, 3.8) is 0 Å². The van der Waals surface area contributed by atoms with Gasteiger partial charge in [0, 0.05) is 5.69 Å². The summed E-state index contributed by atoms with van der Waals surface area (Å²) in [6, 6.07) is 13.0. The number of para-hydroxylation sites is 2. The Bertz CT molecular complexity index is 884. The molecule has 7 heteroatoms. The summed E-state index contributed by atoms with van der Waals surface area (Å²) in [5, 5.41) is 6.58. The molecular formula is C15H14N4O2S. The maximum Gasteiger partial charge on any atom is 0.323 e. The first-order chi connectivity index (χ1) is 10.7. The van der Waals surface area contributed by atoms with E-state index in [2.05, 4.69) is 20.6 Å². The zero-order chi connectivity index (χ0) is 15.5. The summed E-state index contributed by atoms with van der Waals surface area (Å²) < 4.78 is 5.26. The first kappa shape index (κ1) is 14.2. The van der Waals surface area contributed by atoms with Gasteiger partial charge in [0.2, 0.25) is 0 Å². The monoisotopic (exact) mass is 314 g/mol. The highest BCUT2D eigenvalue weighted by molar-refractivity contribution is 7.80. The quantitative estimate of drug-likeness (QED) is 0.559. The lowest BCUT2D eigenvalue weighted by Gasteiger charge is -2.13. The van der Waals surface area contributed by atoms with Crippen molar-refractivity contribution in [2.45, 2.75) is 0 Å². The molecule has 112 valence electrons. The van der Waals surface area contributed by atoms with Crippen molar-refractivity contribution >= 4 is 39.7 Å². The number of hydrogen-bond donors (Lipinski definition) is 4. The van der Waals surface area contributed by atoms with E-state index >= 15 is 0 Å². The third kappa shape index (κ3) is 2.94. The summed E-state index contributed by atoms with van der Waals surface area (Å²) in [4.78, 5) is 16.6. The first-order valence-electron chi connectivity index (χ1n) is 6.59. The number of imidazole rings is 1. The molecule has 0 unspecified atom stereocenters. The number of nitrogens with one attached hydrogen (secondary N) is 4. The van der Waals surface area contributed by atoms with Gasteiger partial charge in [-0.05, 0) is 42.5 Å². The van der Waals surface area contributed by atoms with Gasteiger partial charge in [0.15, 0.2) is 5.11 Å². The molecule has 0 amide bonds. The molecule has 3 aromatic rings. The summed E-state index contributed by atoms with van der Waals surface area (Å²) in [6.07, 6.45) is 0. The number of aromatic amines is 2. The standard InChI is InChI=1S/C15H14N4O2S/c1-21-13-5-3-2-4-11(13)19-15(22)16-9-6-7-10-12(8-9)18-14(20)17-10/h2-8H,1H3,(H2,16,19,22)(H2,17,18,20). The van der Waals surface area contributed by atoms with E-state index < -0.39 is 0 Å². The Labute approximate surface area is 131 Å². The lowest BCUT2D eigenvalue weighted by atomic mass is 10.3. The van der Waals surface area contributed by atoms with Crippen molar-refractivity contribution in [3.05, 3.63) is 52.9 Å². The molecule has 0 aliphatic rings. The third-order valence-electron chi connectivity index (χ3n) is 3.13. The minimum absolute atomic E-state index is 0.234. The predicted molar refractivity (Wildman–Crippen MR) is 91.8 cm³/mol. The highest BCUT2D eigenvalue weighted by Gasteiger charge is 2.05. The van der Waals surface area contributed by atoms with Crippen LogP contribution in [0.15, 0.2) is 47.3 Å². The van der Waals surface area contributed by atoms with Gasteiger partial charge >= 0.3 is 5.69 Å². The molecule has 0 spiro atoms. The number of ether oxygens (including phenoxy) is 1. The Hall–Kier alpha value is -2.80. The average Bonchev–Trinajstić information content (AvgIpc) is 2.87. The molecule has 0 atom stereocenters. The number of anilines is 2. The van der Waals surface area contributed by atoms with Crippen LogP contribution in [0.5, 0.6) is 5.75 Å². The number of fused-ring (bicyclic) bond motifs is 1. The van der Waals surface area contributed by atoms with Crippen molar-refractivity contribution in [2.75, 3.05) is 17.7 Å². The number of aromatic nitrogens is 2. The third-order valence-corrected chi connectivity index (χ3v) is 3.33. The zero-order valence-corrected chi connectivity index (χ0v) is 12.6. The van der Waals surface area contributed by atoms with Crippen LogP contribution in [0.2, 0.25) is 0 Å². The molecule has 6 nitrogen and oxygen atoms in total. The minimum atomic E-state index is -0.234. The Morgan fingerprint density at radius 1 is 1.09 bits per heavy atom. The zero-order valence-electron chi connectivity index (χ0n) is 11.8. The molecule has 0 radical (unpaired) electrons. The van der Waals surface area contributed by atoms with Crippen LogP contribution >= 0.6 is 12.2 Å². The molecule has 4 N–H and O–H groups in total. The van der Waals surface area contributed by atoms with Crippen LogP contribution in [0.1, 0.15) is 0 Å². The molecular weight excluding hydrogens is 300 g/mol. The van der Waals surface area contributed by atoms with E-state index in [1.54, 1.807) is 13.2 Å². The minimum Gasteiger partial charge on any atom is -0.495 e. The lowest BCUT2D eigenvalue weighted by molar-refractivity contribution is 0.417. The highest BCUT2D eigenvalue weighted by atomic mass is 32.1. The normalized spacial score (nSPS) is 10.4. The smallest absolute Gasteiger partial charge is 0.323 e. The van der Waals surface area contributed by atoms with Crippen molar-refractivity contribution in [1.82, 2.24) is 9.97 Å². The van der Waals surface area contributed by atoms with Crippen molar-refractivity contribution in [1.29, 1.82) is 0 Å². The van der Waals surface area contributed by atoms with E-state index in [1.165, 1.54) is 0 Å². The van der Waals surface area contributed by atoms with Crippen molar-refractivity contribution in [3.8, 4) is 5.75 Å². The second kappa shape index (κ2) is 5.90. The van der Waals surface area contributed by atoms with E-state index in [9.17, 15) is 4.79 Å². The van der Waals surface area contributed by atoms with Crippen LogP contribution in [-0.2, 0) is 0 Å². The van der Waals surface area contributed by atoms with Crippen LogP contribution in [-0.4, -0.2) is 22.2 Å². The molecule has 3 rings (SSSR count). The fraction of sp³-hybridized carbons (Fsp3) is 0.0667.